The van der Waals surface area contributed by atoms with Crippen molar-refractivity contribution in [1.82, 2.24) is 0 Å². The molecule has 2 aromatic carbocycles. The van der Waals surface area contributed by atoms with Crippen molar-refractivity contribution in [3.05, 3.63) is 68.2 Å². The summed E-state index contributed by atoms with van der Waals surface area (Å²) in [6.07, 6.45) is 0. The molecule has 0 aliphatic rings. The Balaban J connectivity index is 2.12. The van der Waals surface area contributed by atoms with Gasteiger partial charge in [-0.15, -0.1) is 0 Å². The number of nitrogens with one attached hydrogen (secondary N) is 1. The molecular weight excluding hydrogens is 308 g/mol. The number of nitrogens with zero attached hydrogens (tertiary/aromatic N) is 1. The number of anilines is 1. The van der Waals surface area contributed by atoms with Gasteiger partial charge in [-0.25, -0.2) is 0 Å². The molecule has 4 nitrogen and oxygen atoms in total. The summed E-state index contributed by atoms with van der Waals surface area (Å²) in [5.74, 6) is 0. The zero-order chi connectivity index (χ0) is 13.8. The lowest BCUT2D eigenvalue weighted by atomic mass is 10.2. The van der Waals surface area contributed by atoms with E-state index in [1.807, 2.05) is 31.2 Å². The van der Waals surface area contributed by atoms with Crippen molar-refractivity contribution in [1.29, 1.82) is 0 Å². The van der Waals surface area contributed by atoms with Gasteiger partial charge in [0.1, 0.15) is 0 Å². The van der Waals surface area contributed by atoms with Crippen LogP contribution in [0.2, 0.25) is 0 Å². The van der Waals surface area contributed by atoms with Crippen LogP contribution in [0, 0.1) is 17.0 Å². The molecule has 2 rings (SSSR count). The predicted molar refractivity (Wildman–Crippen MR) is 79.3 cm³/mol. The third-order valence-electron chi connectivity index (χ3n) is 2.73. The summed E-state index contributed by atoms with van der Waals surface area (Å²) in [5, 5.41) is 14.0. The molecule has 0 saturated heterocycles. The second-order valence-corrected chi connectivity index (χ2v) is 5.12. The number of hydrogen-bond acceptors (Lipinski definition) is 3. The van der Waals surface area contributed by atoms with Crippen molar-refractivity contribution in [2.75, 3.05) is 5.32 Å². The Morgan fingerprint density at radius 3 is 2.79 bits per heavy atom. The minimum atomic E-state index is -0.383. The van der Waals surface area contributed by atoms with Crippen molar-refractivity contribution in [2.24, 2.45) is 0 Å². The average Bonchev–Trinajstić information content (AvgIpc) is 2.40. The van der Waals surface area contributed by atoms with Gasteiger partial charge in [0.2, 0.25) is 0 Å². The number of halogens is 1. The Morgan fingerprint density at radius 2 is 2.05 bits per heavy atom. The molecule has 0 aromatic heterocycles. The van der Waals surface area contributed by atoms with E-state index in [1.54, 1.807) is 12.1 Å². The van der Waals surface area contributed by atoms with E-state index in [0.717, 1.165) is 21.3 Å². The fourth-order valence-corrected chi connectivity index (χ4v) is 2.14. The molecule has 5 heteroatoms. The van der Waals surface area contributed by atoms with Gasteiger partial charge in [-0.1, -0.05) is 18.2 Å². The van der Waals surface area contributed by atoms with Crippen LogP contribution < -0.4 is 5.32 Å². The summed E-state index contributed by atoms with van der Waals surface area (Å²) in [6, 6.07) is 12.7. The van der Waals surface area contributed by atoms with Crippen LogP contribution in [-0.2, 0) is 6.54 Å². The van der Waals surface area contributed by atoms with Crippen LogP contribution in [0.25, 0.3) is 0 Å². The highest BCUT2D eigenvalue weighted by atomic mass is 79.9. The summed E-state index contributed by atoms with van der Waals surface area (Å²) in [7, 11) is 0. The lowest BCUT2D eigenvalue weighted by molar-refractivity contribution is -0.384. The number of nitro benzene ring substituents is 1. The summed E-state index contributed by atoms with van der Waals surface area (Å²) in [5.41, 5.74) is 3.13. The van der Waals surface area contributed by atoms with E-state index in [0.29, 0.717) is 6.54 Å². The Hall–Kier alpha value is -1.88. The van der Waals surface area contributed by atoms with Crippen molar-refractivity contribution in [3.8, 4) is 0 Å². The van der Waals surface area contributed by atoms with Crippen molar-refractivity contribution < 1.29 is 4.92 Å². The van der Waals surface area contributed by atoms with Crippen molar-refractivity contribution in [3.63, 3.8) is 0 Å². The predicted octanol–water partition coefficient (Wildman–Crippen LogP) is 4.28. The van der Waals surface area contributed by atoms with Gasteiger partial charge in [-0.05, 0) is 46.1 Å². The van der Waals surface area contributed by atoms with E-state index in [1.165, 1.54) is 6.07 Å². The monoisotopic (exact) mass is 320 g/mol. The van der Waals surface area contributed by atoms with Gasteiger partial charge in [-0.2, -0.15) is 0 Å². The number of nitro groups is 1. The lowest BCUT2D eigenvalue weighted by Crippen LogP contribution is -2.01. The SMILES string of the molecule is Cc1ccc(Br)c(NCc2cccc([N+](=O)[O-])c2)c1. The quantitative estimate of drug-likeness (QED) is 0.675. The van der Waals surface area contributed by atoms with Crippen LogP contribution in [0.3, 0.4) is 0 Å². The van der Waals surface area contributed by atoms with E-state index in [2.05, 4.69) is 21.2 Å². The first-order valence-corrected chi connectivity index (χ1v) is 6.59. The highest BCUT2D eigenvalue weighted by molar-refractivity contribution is 9.10. The highest BCUT2D eigenvalue weighted by Crippen LogP contribution is 2.24. The van der Waals surface area contributed by atoms with E-state index < -0.39 is 0 Å². The lowest BCUT2D eigenvalue weighted by Gasteiger charge is -2.09. The van der Waals surface area contributed by atoms with Gasteiger partial charge < -0.3 is 5.32 Å². The average molecular weight is 321 g/mol. The molecule has 1 N–H and O–H groups in total. The molecule has 0 aliphatic heterocycles. The molecule has 2 aromatic rings. The molecule has 98 valence electrons. The van der Waals surface area contributed by atoms with E-state index in [9.17, 15) is 10.1 Å². The molecule has 0 spiro atoms. The first-order chi connectivity index (χ1) is 9.06. The van der Waals surface area contributed by atoms with Crippen molar-refractivity contribution >= 4 is 27.3 Å². The second-order valence-electron chi connectivity index (χ2n) is 4.26. The molecule has 0 atom stereocenters. The molecule has 0 saturated carbocycles. The molecule has 0 radical (unpaired) electrons. The number of non-ortho nitro benzene ring substituents is 1. The van der Waals surface area contributed by atoms with Crippen molar-refractivity contribution in [2.45, 2.75) is 13.5 Å². The molecule has 0 fully saturated rings. The topological polar surface area (TPSA) is 55.2 Å². The number of benzene rings is 2. The Kier molecular flexibility index (Phi) is 4.16. The zero-order valence-corrected chi connectivity index (χ0v) is 12.0. The summed E-state index contributed by atoms with van der Waals surface area (Å²) >= 11 is 3.47. The standard InChI is InChI=1S/C14H13BrN2O2/c1-10-5-6-13(15)14(7-10)16-9-11-3-2-4-12(8-11)17(18)19/h2-8,16H,9H2,1H3. The maximum Gasteiger partial charge on any atom is 0.269 e. The second kappa shape index (κ2) is 5.84. The summed E-state index contributed by atoms with van der Waals surface area (Å²) in [6.45, 7) is 2.56. The molecule has 0 bridgehead atoms. The number of hydrogen-bond donors (Lipinski definition) is 1. The fourth-order valence-electron chi connectivity index (χ4n) is 1.75. The summed E-state index contributed by atoms with van der Waals surface area (Å²) < 4.78 is 0.975. The smallest absolute Gasteiger partial charge is 0.269 e. The zero-order valence-electron chi connectivity index (χ0n) is 10.4. The van der Waals surface area contributed by atoms with Crippen LogP contribution in [-0.4, -0.2) is 4.92 Å². The van der Waals surface area contributed by atoms with Crippen LogP contribution in [0.4, 0.5) is 11.4 Å². The normalized spacial score (nSPS) is 10.2. The van der Waals surface area contributed by atoms with Crippen LogP contribution >= 0.6 is 15.9 Å². The van der Waals surface area contributed by atoms with Gasteiger partial charge in [-0.3, -0.25) is 10.1 Å². The van der Waals surface area contributed by atoms with E-state index >= 15 is 0 Å². The van der Waals surface area contributed by atoms with E-state index in [-0.39, 0.29) is 10.6 Å². The summed E-state index contributed by atoms with van der Waals surface area (Å²) in [4.78, 5) is 10.3. The minimum Gasteiger partial charge on any atom is -0.380 e. The highest BCUT2D eigenvalue weighted by Gasteiger charge is 2.06. The van der Waals surface area contributed by atoms with E-state index in [4.69, 9.17) is 0 Å². The first-order valence-electron chi connectivity index (χ1n) is 5.79. The largest absolute Gasteiger partial charge is 0.380 e. The minimum absolute atomic E-state index is 0.114. The Bertz CT molecular complexity index is 614. The van der Waals surface area contributed by atoms with Gasteiger partial charge >= 0.3 is 0 Å². The number of aryl methyl sites for hydroxylation is 1. The third-order valence-corrected chi connectivity index (χ3v) is 3.42. The molecule has 0 amide bonds. The molecule has 0 aliphatic carbocycles. The molecular formula is C14H13BrN2O2. The Morgan fingerprint density at radius 1 is 1.26 bits per heavy atom. The van der Waals surface area contributed by atoms with Gasteiger partial charge in [0.05, 0.1) is 4.92 Å². The maximum absolute atomic E-state index is 10.7. The van der Waals surface area contributed by atoms with Gasteiger partial charge in [0, 0.05) is 28.8 Å². The molecule has 19 heavy (non-hydrogen) atoms. The number of rotatable bonds is 4. The van der Waals surface area contributed by atoms with Gasteiger partial charge in [0.15, 0.2) is 0 Å². The molecule has 0 unspecified atom stereocenters. The third kappa shape index (κ3) is 3.54. The first kappa shape index (κ1) is 13.5. The maximum atomic E-state index is 10.7. The molecule has 0 heterocycles. The fraction of sp³-hybridized carbons (Fsp3) is 0.143. The Labute approximate surface area is 119 Å². The van der Waals surface area contributed by atoms with Crippen LogP contribution in [0.15, 0.2) is 46.9 Å². The van der Waals surface area contributed by atoms with Gasteiger partial charge in [0.25, 0.3) is 5.69 Å². The van der Waals surface area contributed by atoms with Crippen LogP contribution in [0.1, 0.15) is 11.1 Å². The van der Waals surface area contributed by atoms with Crippen LogP contribution in [0.5, 0.6) is 0 Å².